The molecule has 0 aromatic heterocycles. The molecule has 1 aliphatic rings. The molecule has 0 amide bonds. The molecule has 4 atom stereocenters. The first-order valence-electron chi connectivity index (χ1n) is 3.68. The topological polar surface area (TPSA) is 142 Å². The quantitative estimate of drug-likeness (QED) is 0.340. The van der Waals surface area contributed by atoms with Gasteiger partial charge in [-0.1, -0.05) is 0 Å². The second kappa shape index (κ2) is 8.19. The first-order chi connectivity index (χ1) is 6.35. The van der Waals surface area contributed by atoms with Crippen LogP contribution in [0, 0.1) is 0 Å². The van der Waals surface area contributed by atoms with Gasteiger partial charge >= 0.3 is 59.1 Å². The van der Waals surface area contributed by atoms with E-state index in [1.807, 2.05) is 0 Å². The number of aliphatic hydroxyl groups is 3. The van der Waals surface area contributed by atoms with Gasteiger partial charge in [-0.2, -0.15) is 0 Å². The molecule has 1 rings (SSSR count). The van der Waals surface area contributed by atoms with Gasteiger partial charge in [-0.15, -0.1) is 0 Å². The molecule has 0 spiro atoms. The number of hydrogen-bond acceptors (Lipinski definition) is 8. The van der Waals surface area contributed by atoms with Crippen LogP contribution in [-0.2, 0) is 13.8 Å². The summed E-state index contributed by atoms with van der Waals surface area (Å²) in [6.45, 7) is -0.625. The zero-order valence-corrected chi connectivity index (χ0v) is 13.7. The van der Waals surface area contributed by atoms with Crippen molar-refractivity contribution in [2.75, 3.05) is 6.61 Å². The van der Waals surface area contributed by atoms with E-state index in [2.05, 4.69) is 9.26 Å². The van der Waals surface area contributed by atoms with Gasteiger partial charge in [0, 0.05) is 0 Å². The minimum atomic E-state index is -5.29. The Morgan fingerprint density at radius 1 is 1.25 bits per heavy atom. The summed E-state index contributed by atoms with van der Waals surface area (Å²) in [5.74, 6) is 0. The average molecular weight is 274 g/mol. The summed E-state index contributed by atoms with van der Waals surface area (Å²) in [6, 6.07) is 0. The van der Waals surface area contributed by atoms with E-state index in [0.717, 1.165) is 0 Å². The third-order valence-electron chi connectivity index (χ3n) is 1.73. The van der Waals surface area contributed by atoms with Gasteiger partial charge in [-0.3, -0.25) is 0 Å². The van der Waals surface area contributed by atoms with E-state index in [4.69, 9.17) is 15.3 Å². The van der Waals surface area contributed by atoms with Crippen LogP contribution >= 0.6 is 7.82 Å². The molecule has 0 aromatic rings. The van der Waals surface area contributed by atoms with Gasteiger partial charge < -0.3 is 38.9 Å². The normalized spacial score (nSPS) is 34.1. The van der Waals surface area contributed by atoms with Gasteiger partial charge in [0.25, 0.3) is 0 Å². The molecule has 1 saturated heterocycles. The summed E-state index contributed by atoms with van der Waals surface area (Å²) < 4.78 is 18.5. The standard InChI is InChI=1S/C5H11O8P.2Na/c6-1-2-3(7)4(8)5(12-2)13-14(9,10)11;;/h2-8H,1H2,(H2,9,10,11);;/q;2*+1/p-2/t2-,3-,4-,5?;;/m1../s1. The Bertz CT molecular complexity index is 247. The van der Waals surface area contributed by atoms with Crippen LogP contribution < -0.4 is 68.9 Å². The van der Waals surface area contributed by atoms with Gasteiger partial charge in [-0.05, 0) is 0 Å². The van der Waals surface area contributed by atoms with Crippen LogP contribution in [0.15, 0.2) is 0 Å². The molecule has 0 radical (unpaired) electrons. The molecule has 1 fully saturated rings. The van der Waals surface area contributed by atoms with E-state index >= 15 is 0 Å². The predicted molar refractivity (Wildman–Crippen MR) is 36.5 cm³/mol. The van der Waals surface area contributed by atoms with Crippen molar-refractivity contribution in [2.45, 2.75) is 24.6 Å². The van der Waals surface area contributed by atoms with Crippen molar-refractivity contribution in [2.24, 2.45) is 0 Å². The minimum absolute atomic E-state index is 0. The first kappa shape index (κ1) is 20.3. The average Bonchev–Trinajstić information content (AvgIpc) is 2.30. The third-order valence-corrected chi connectivity index (χ3v) is 2.20. The zero-order valence-electron chi connectivity index (χ0n) is 8.85. The van der Waals surface area contributed by atoms with Crippen LogP contribution in [0.4, 0.5) is 0 Å². The summed E-state index contributed by atoms with van der Waals surface area (Å²) in [7, 11) is -5.29. The molecule has 1 aliphatic heterocycles. The van der Waals surface area contributed by atoms with Gasteiger partial charge in [0.2, 0.25) is 0 Å². The SMILES string of the molecule is O=P([O-])([O-])OC1O[C@H](CO)[C@@H](O)[C@H]1O.[Na+].[Na+]. The van der Waals surface area contributed by atoms with Crippen molar-refractivity contribution >= 4 is 7.82 Å². The zero-order chi connectivity index (χ0) is 10.9. The molecule has 16 heavy (non-hydrogen) atoms. The monoisotopic (exact) mass is 274 g/mol. The van der Waals surface area contributed by atoms with Crippen LogP contribution in [0.25, 0.3) is 0 Å². The van der Waals surface area contributed by atoms with E-state index < -0.39 is 39.0 Å². The van der Waals surface area contributed by atoms with Crippen molar-refractivity contribution < 1.29 is 98.0 Å². The fourth-order valence-corrected chi connectivity index (χ4v) is 1.51. The molecule has 1 unspecified atom stereocenters. The van der Waals surface area contributed by atoms with Crippen molar-refractivity contribution in [1.82, 2.24) is 0 Å². The molecule has 0 saturated carbocycles. The van der Waals surface area contributed by atoms with Crippen molar-refractivity contribution in [3.05, 3.63) is 0 Å². The van der Waals surface area contributed by atoms with E-state index in [-0.39, 0.29) is 59.1 Å². The second-order valence-electron chi connectivity index (χ2n) is 2.76. The smallest absolute Gasteiger partial charge is 0.790 e. The van der Waals surface area contributed by atoms with Crippen molar-refractivity contribution in [3.8, 4) is 0 Å². The van der Waals surface area contributed by atoms with Gasteiger partial charge in [0.1, 0.15) is 18.3 Å². The number of rotatable bonds is 3. The van der Waals surface area contributed by atoms with Crippen molar-refractivity contribution in [3.63, 3.8) is 0 Å². The second-order valence-corrected chi connectivity index (χ2v) is 3.86. The third kappa shape index (κ3) is 5.73. The van der Waals surface area contributed by atoms with Crippen LogP contribution in [0.1, 0.15) is 0 Å². The molecule has 11 heteroatoms. The maximum absolute atomic E-state index is 10.1. The summed E-state index contributed by atoms with van der Waals surface area (Å²) in [5.41, 5.74) is 0. The van der Waals surface area contributed by atoms with Gasteiger partial charge in [-0.25, -0.2) is 0 Å². The number of aliphatic hydroxyl groups excluding tert-OH is 3. The fraction of sp³-hybridized carbons (Fsp3) is 1.00. The van der Waals surface area contributed by atoms with Gasteiger partial charge in [0.05, 0.1) is 14.4 Å². The largest absolute Gasteiger partial charge is 1.00 e. The number of phosphoric ester groups is 1. The first-order valence-corrected chi connectivity index (χ1v) is 5.14. The summed E-state index contributed by atoms with van der Waals surface area (Å²) in [5, 5.41) is 26.8. The van der Waals surface area contributed by atoms with Crippen molar-refractivity contribution in [1.29, 1.82) is 0 Å². The Morgan fingerprint density at radius 2 is 1.75 bits per heavy atom. The summed E-state index contributed by atoms with van der Waals surface area (Å²) in [6.07, 6.45) is -6.09. The Hall–Kier alpha value is 1.95. The molecule has 8 nitrogen and oxygen atoms in total. The molecule has 0 aromatic carbocycles. The number of phosphoric acid groups is 1. The van der Waals surface area contributed by atoms with E-state index in [9.17, 15) is 14.4 Å². The molecular weight excluding hydrogens is 265 g/mol. The number of hydrogen-bond donors (Lipinski definition) is 3. The van der Waals surface area contributed by atoms with E-state index in [0.29, 0.717) is 0 Å². The van der Waals surface area contributed by atoms with E-state index in [1.165, 1.54) is 0 Å². The van der Waals surface area contributed by atoms with Crippen LogP contribution in [0.5, 0.6) is 0 Å². The Morgan fingerprint density at radius 3 is 2.06 bits per heavy atom. The number of ether oxygens (including phenoxy) is 1. The van der Waals surface area contributed by atoms with Crippen LogP contribution in [0.2, 0.25) is 0 Å². The predicted octanol–water partition coefficient (Wildman–Crippen LogP) is -9.72. The molecule has 1 heterocycles. The van der Waals surface area contributed by atoms with Gasteiger partial charge in [0.15, 0.2) is 6.29 Å². The summed E-state index contributed by atoms with van der Waals surface area (Å²) in [4.78, 5) is 20.3. The molecule has 3 N–H and O–H groups in total. The van der Waals surface area contributed by atoms with Crippen LogP contribution in [0.3, 0.4) is 0 Å². The fourth-order valence-electron chi connectivity index (χ4n) is 1.08. The minimum Gasteiger partial charge on any atom is -0.790 e. The maximum atomic E-state index is 10.1. The Balaban J connectivity index is 0. The Labute approximate surface area is 136 Å². The molecule has 84 valence electrons. The molecular formula is C5H9Na2O8P. The maximum Gasteiger partial charge on any atom is 1.00 e. The molecule has 0 aliphatic carbocycles. The van der Waals surface area contributed by atoms with E-state index in [1.54, 1.807) is 0 Å². The molecule has 0 bridgehead atoms. The Kier molecular flexibility index (Phi) is 10.4. The van der Waals surface area contributed by atoms with Crippen LogP contribution in [-0.4, -0.2) is 46.5 Å². The summed E-state index contributed by atoms with van der Waals surface area (Å²) >= 11 is 0.